The average molecular weight is 313 g/mol. The van der Waals surface area contributed by atoms with Crippen LogP contribution in [0, 0.1) is 0 Å². The first kappa shape index (κ1) is 8.09. The molecule has 0 aliphatic carbocycles. The van der Waals surface area contributed by atoms with Crippen LogP contribution in [-0.4, -0.2) is 55.7 Å². The summed E-state index contributed by atoms with van der Waals surface area (Å²) in [6, 6.07) is 0. The molecule has 8 nitrogen and oxygen atoms in total. The zero-order chi connectivity index (χ0) is 23.7. The normalized spacial score (nSPS) is 40.3. The fourth-order valence-electron chi connectivity index (χ4n) is 1.96. The molecular formula is C13H20O8. The Morgan fingerprint density at radius 3 is 1.86 bits per heavy atom. The van der Waals surface area contributed by atoms with Crippen molar-refractivity contribution in [3.63, 3.8) is 0 Å². The predicted octanol–water partition coefficient (Wildman–Crippen LogP) is 0.173. The SMILES string of the molecule is [2H]C([2H])([2H])C(=O)O[C@@H]1[C@H](OC(=O)C([2H])([2H])[2H])[C@H](C)OC(OC)[C@H]1OC(=O)C([2H])([2H])[2H]. The highest BCUT2D eigenvalue weighted by Gasteiger charge is 2.50. The van der Waals surface area contributed by atoms with E-state index in [2.05, 4.69) is 0 Å². The molecule has 1 unspecified atom stereocenters. The molecule has 0 bridgehead atoms. The fourth-order valence-corrected chi connectivity index (χ4v) is 1.96. The summed E-state index contributed by atoms with van der Waals surface area (Å²) in [6.45, 7) is -8.53. The molecule has 120 valence electrons. The van der Waals surface area contributed by atoms with Crippen molar-refractivity contribution in [1.82, 2.24) is 0 Å². The van der Waals surface area contributed by atoms with Crippen LogP contribution in [0.1, 0.15) is 39.8 Å². The highest BCUT2D eigenvalue weighted by Crippen LogP contribution is 2.28. The quantitative estimate of drug-likeness (QED) is 0.535. The van der Waals surface area contributed by atoms with E-state index < -0.39 is 69.2 Å². The van der Waals surface area contributed by atoms with Gasteiger partial charge in [-0.25, -0.2) is 0 Å². The lowest BCUT2D eigenvalue weighted by molar-refractivity contribution is -0.294. The molecule has 5 atom stereocenters. The smallest absolute Gasteiger partial charge is 0.303 e. The first-order valence-electron chi connectivity index (χ1n) is 10.2. The molecule has 0 amide bonds. The van der Waals surface area contributed by atoms with Gasteiger partial charge in [-0.15, -0.1) is 0 Å². The van der Waals surface area contributed by atoms with Gasteiger partial charge >= 0.3 is 17.9 Å². The van der Waals surface area contributed by atoms with Crippen molar-refractivity contribution < 1.29 is 50.4 Å². The topological polar surface area (TPSA) is 97.4 Å². The van der Waals surface area contributed by atoms with E-state index in [9.17, 15) is 14.4 Å². The fraction of sp³-hybridized carbons (Fsp3) is 0.769. The molecule has 0 aromatic carbocycles. The van der Waals surface area contributed by atoms with E-state index in [-0.39, 0.29) is 0 Å². The van der Waals surface area contributed by atoms with Gasteiger partial charge in [-0.2, -0.15) is 0 Å². The number of esters is 3. The lowest BCUT2D eigenvalue weighted by Crippen LogP contribution is -2.60. The van der Waals surface area contributed by atoms with Crippen molar-refractivity contribution in [2.75, 3.05) is 7.11 Å². The molecule has 0 saturated carbocycles. The van der Waals surface area contributed by atoms with Gasteiger partial charge in [-0.3, -0.25) is 14.4 Å². The van der Waals surface area contributed by atoms with Crippen molar-refractivity contribution in [3.05, 3.63) is 0 Å². The van der Waals surface area contributed by atoms with Gasteiger partial charge in [0, 0.05) is 40.0 Å². The van der Waals surface area contributed by atoms with E-state index in [0.29, 0.717) is 0 Å². The van der Waals surface area contributed by atoms with Crippen molar-refractivity contribution in [2.45, 2.75) is 58.2 Å². The van der Waals surface area contributed by atoms with Gasteiger partial charge in [0.1, 0.15) is 0 Å². The van der Waals surface area contributed by atoms with Gasteiger partial charge in [-0.05, 0) is 6.92 Å². The third kappa shape index (κ3) is 4.68. The van der Waals surface area contributed by atoms with Gasteiger partial charge in [0.05, 0.1) is 6.10 Å². The van der Waals surface area contributed by atoms with Crippen LogP contribution >= 0.6 is 0 Å². The van der Waals surface area contributed by atoms with Crippen LogP contribution in [0.5, 0.6) is 0 Å². The summed E-state index contributed by atoms with van der Waals surface area (Å²) >= 11 is 0. The number of carbonyl (C=O) groups is 3. The molecule has 0 aromatic heterocycles. The number of carbonyl (C=O) groups excluding carboxylic acids is 3. The summed E-state index contributed by atoms with van der Waals surface area (Å²) in [5, 5.41) is 0. The van der Waals surface area contributed by atoms with Gasteiger partial charge in [0.2, 0.25) is 0 Å². The number of ether oxygens (including phenoxy) is 5. The van der Waals surface area contributed by atoms with Crippen LogP contribution in [0.4, 0.5) is 0 Å². The summed E-state index contributed by atoms with van der Waals surface area (Å²) in [5.74, 6) is -5.32. The monoisotopic (exact) mass is 313 g/mol. The molecule has 0 spiro atoms. The molecule has 1 rings (SSSR count). The molecule has 0 radical (unpaired) electrons. The maximum atomic E-state index is 11.9. The summed E-state index contributed by atoms with van der Waals surface area (Å²) < 4.78 is 88.6. The van der Waals surface area contributed by atoms with Gasteiger partial charge in [0.25, 0.3) is 0 Å². The Hall–Kier alpha value is -1.67. The van der Waals surface area contributed by atoms with Crippen molar-refractivity contribution in [1.29, 1.82) is 0 Å². The Morgan fingerprint density at radius 2 is 1.38 bits per heavy atom. The van der Waals surface area contributed by atoms with Crippen molar-refractivity contribution in [2.24, 2.45) is 0 Å². The van der Waals surface area contributed by atoms with E-state index in [1.807, 2.05) is 0 Å². The minimum atomic E-state index is -3.29. The maximum Gasteiger partial charge on any atom is 0.303 e. The van der Waals surface area contributed by atoms with Crippen molar-refractivity contribution >= 4 is 17.9 Å². The number of methoxy groups -OCH3 is 1. The summed E-state index contributed by atoms with van der Waals surface area (Å²) in [6.07, 6.45) is -8.43. The lowest BCUT2D eigenvalue weighted by Gasteiger charge is -2.42. The van der Waals surface area contributed by atoms with Crippen LogP contribution in [0.25, 0.3) is 0 Å². The predicted molar refractivity (Wildman–Crippen MR) is 68.0 cm³/mol. The van der Waals surface area contributed by atoms with Gasteiger partial charge in [-0.1, -0.05) is 0 Å². The molecule has 0 N–H and O–H groups in total. The van der Waals surface area contributed by atoms with Crippen LogP contribution in [-0.2, 0) is 38.1 Å². The number of hydrogen-bond donors (Lipinski definition) is 0. The average Bonchev–Trinajstić information content (AvgIpc) is 2.56. The number of hydrogen-bond acceptors (Lipinski definition) is 8. The molecule has 1 heterocycles. The molecular weight excluding hydrogens is 284 g/mol. The molecule has 8 heteroatoms. The summed E-state index contributed by atoms with van der Waals surface area (Å²) in [4.78, 5) is 35.6. The summed E-state index contributed by atoms with van der Waals surface area (Å²) in [5.41, 5.74) is 0. The van der Waals surface area contributed by atoms with Crippen LogP contribution in [0.15, 0.2) is 0 Å². The second kappa shape index (κ2) is 7.37. The summed E-state index contributed by atoms with van der Waals surface area (Å²) in [7, 11) is 1.06. The number of rotatable bonds is 4. The zero-order valence-corrected chi connectivity index (χ0v) is 11.2. The third-order valence-corrected chi connectivity index (χ3v) is 2.69. The Labute approximate surface area is 135 Å². The van der Waals surface area contributed by atoms with Crippen LogP contribution in [0.3, 0.4) is 0 Å². The lowest BCUT2D eigenvalue weighted by atomic mass is 9.99. The Balaban J connectivity index is 3.37. The standard InChI is InChI=1S/C13H20O8/c1-6-10(19-7(2)14)11(20-8(3)15)12(21-9(4)16)13(17-5)18-6/h6,10-13H,1-5H3/t6-,10+,11+,12-,13?/m0/s1/i2D3,3D3,4D3. The maximum absolute atomic E-state index is 11.9. The molecule has 1 fully saturated rings. The van der Waals surface area contributed by atoms with Crippen molar-refractivity contribution in [3.8, 4) is 0 Å². The molecule has 1 saturated heterocycles. The van der Waals surface area contributed by atoms with Gasteiger partial charge in [0.15, 0.2) is 24.6 Å². The van der Waals surface area contributed by atoms with Crippen LogP contribution in [0.2, 0.25) is 0 Å². The highest BCUT2D eigenvalue weighted by molar-refractivity contribution is 5.68. The van der Waals surface area contributed by atoms with E-state index in [1.54, 1.807) is 0 Å². The minimum Gasteiger partial charge on any atom is -0.456 e. The Bertz CT molecular complexity index is 656. The Kier molecular flexibility index (Phi) is 2.84. The zero-order valence-electron chi connectivity index (χ0n) is 20.2. The molecule has 0 aromatic rings. The van der Waals surface area contributed by atoms with E-state index in [1.165, 1.54) is 6.92 Å². The largest absolute Gasteiger partial charge is 0.456 e. The second-order valence-electron chi connectivity index (χ2n) is 4.06. The first-order chi connectivity index (χ1) is 13.4. The van der Waals surface area contributed by atoms with E-state index in [0.717, 1.165) is 7.11 Å². The Morgan fingerprint density at radius 1 is 0.905 bits per heavy atom. The van der Waals surface area contributed by atoms with E-state index >= 15 is 0 Å². The second-order valence-corrected chi connectivity index (χ2v) is 4.06. The highest BCUT2D eigenvalue weighted by atomic mass is 16.7. The minimum absolute atomic E-state index is 1.06. The van der Waals surface area contributed by atoms with E-state index in [4.69, 9.17) is 36.0 Å². The first-order valence-corrected chi connectivity index (χ1v) is 5.71. The molecule has 1 aliphatic rings. The molecule has 21 heavy (non-hydrogen) atoms. The third-order valence-electron chi connectivity index (χ3n) is 2.69. The van der Waals surface area contributed by atoms with Gasteiger partial charge < -0.3 is 23.7 Å². The molecule has 1 aliphatic heterocycles. The van der Waals surface area contributed by atoms with Crippen LogP contribution < -0.4 is 0 Å².